The first-order chi connectivity index (χ1) is 11.0. The van der Waals surface area contributed by atoms with Crippen LogP contribution in [0.4, 0.5) is 0 Å². The van der Waals surface area contributed by atoms with Crippen molar-refractivity contribution < 1.29 is 9.90 Å². The molecular weight excluding hydrogens is 312 g/mol. The van der Waals surface area contributed by atoms with E-state index < -0.39 is 5.97 Å². The van der Waals surface area contributed by atoms with E-state index in [1.807, 2.05) is 13.0 Å². The van der Waals surface area contributed by atoms with Crippen LogP contribution in [-0.2, 0) is 11.3 Å². The lowest BCUT2D eigenvalue weighted by Crippen LogP contribution is -2.54. The van der Waals surface area contributed by atoms with Crippen LogP contribution in [-0.4, -0.2) is 41.1 Å². The van der Waals surface area contributed by atoms with Gasteiger partial charge in [-0.1, -0.05) is 23.7 Å². The van der Waals surface area contributed by atoms with Crippen LogP contribution in [0.15, 0.2) is 18.2 Å². The molecule has 2 fully saturated rings. The van der Waals surface area contributed by atoms with E-state index in [4.69, 9.17) is 16.7 Å². The fourth-order valence-corrected chi connectivity index (χ4v) is 3.40. The second-order valence-corrected chi connectivity index (χ2v) is 7.46. The number of aryl methyl sites for hydroxylation is 1. The van der Waals surface area contributed by atoms with E-state index in [0.29, 0.717) is 12.1 Å². The lowest BCUT2D eigenvalue weighted by molar-refractivity contribution is -0.139. The quantitative estimate of drug-likeness (QED) is 0.766. The molecule has 2 aliphatic carbocycles. The first kappa shape index (κ1) is 16.7. The Labute approximate surface area is 142 Å². The van der Waals surface area contributed by atoms with Crippen molar-refractivity contribution in [1.82, 2.24) is 10.2 Å². The Balaban J connectivity index is 1.43. The molecule has 0 spiro atoms. The Morgan fingerprint density at radius 2 is 2.13 bits per heavy atom. The van der Waals surface area contributed by atoms with Crippen LogP contribution in [0.2, 0.25) is 5.02 Å². The molecule has 4 nitrogen and oxygen atoms in total. The zero-order valence-electron chi connectivity index (χ0n) is 13.6. The molecule has 1 aromatic rings. The van der Waals surface area contributed by atoms with Crippen LogP contribution in [0.25, 0.3) is 0 Å². The molecule has 2 N–H and O–H groups in total. The summed E-state index contributed by atoms with van der Waals surface area (Å²) in [5.41, 5.74) is 2.35. The van der Waals surface area contributed by atoms with E-state index in [-0.39, 0.29) is 6.54 Å². The van der Waals surface area contributed by atoms with Crippen LogP contribution in [0, 0.1) is 12.8 Å². The molecule has 0 bridgehead atoms. The minimum absolute atomic E-state index is 0.185. The van der Waals surface area contributed by atoms with Crippen molar-refractivity contribution in [3.8, 4) is 0 Å². The average Bonchev–Trinajstić information content (AvgIpc) is 3.24. The molecule has 0 saturated heterocycles. The fraction of sp³-hybridized carbons (Fsp3) is 0.611. The first-order valence-corrected chi connectivity index (χ1v) is 8.83. The minimum Gasteiger partial charge on any atom is -0.480 e. The van der Waals surface area contributed by atoms with Crippen LogP contribution < -0.4 is 5.32 Å². The number of nitrogens with one attached hydrogen (secondary N) is 1. The molecule has 5 heteroatoms. The number of benzene rings is 1. The highest BCUT2D eigenvalue weighted by Crippen LogP contribution is 2.33. The lowest BCUT2D eigenvalue weighted by Gasteiger charge is -2.43. The molecule has 0 atom stereocenters. The van der Waals surface area contributed by atoms with Crippen molar-refractivity contribution in [2.45, 2.75) is 51.2 Å². The van der Waals surface area contributed by atoms with E-state index in [2.05, 4.69) is 22.3 Å². The maximum Gasteiger partial charge on any atom is 0.317 e. The van der Waals surface area contributed by atoms with Crippen molar-refractivity contribution in [2.75, 3.05) is 13.1 Å². The molecule has 0 aliphatic heterocycles. The van der Waals surface area contributed by atoms with Gasteiger partial charge in [0.2, 0.25) is 0 Å². The number of carboxylic acid groups (broad SMARTS) is 1. The molecule has 3 rings (SSSR count). The van der Waals surface area contributed by atoms with Gasteiger partial charge in [-0.25, -0.2) is 0 Å². The summed E-state index contributed by atoms with van der Waals surface area (Å²) < 4.78 is 0. The van der Waals surface area contributed by atoms with Gasteiger partial charge in [0.15, 0.2) is 0 Å². The largest absolute Gasteiger partial charge is 0.480 e. The number of carbonyl (C=O) groups is 1. The highest BCUT2D eigenvalue weighted by atomic mass is 35.5. The predicted octanol–water partition coefficient (Wildman–Crippen LogP) is 3.07. The highest BCUT2D eigenvalue weighted by Gasteiger charge is 2.36. The van der Waals surface area contributed by atoms with E-state index >= 15 is 0 Å². The molecule has 126 valence electrons. The van der Waals surface area contributed by atoms with Crippen LogP contribution in [0.5, 0.6) is 0 Å². The number of aliphatic carboxylic acids is 1. The molecule has 0 unspecified atom stereocenters. The van der Waals surface area contributed by atoms with E-state index in [0.717, 1.165) is 42.4 Å². The van der Waals surface area contributed by atoms with E-state index in [1.54, 1.807) is 0 Å². The molecule has 23 heavy (non-hydrogen) atoms. The third kappa shape index (κ3) is 4.69. The monoisotopic (exact) mass is 336 g/mol. The summed E-state index contributed by atoms with van der Waals surface area (Å²) >= 11 is 6.05. The van der Waals surface area contributed by atoms with E-state index in [1.165, 1.54) is 18.4 Å². The van der Waals surface area contributed by atoms with Gasteiger partial charge in [-0.15, -0.1) is 0 Å². The Morgan fingerprint density at radius 1 is 1.39 bits per heavy atom. The van der Waals surface area contributed by atoms with Gasteiger partial charge >= 0.3 is 5.97 Å². The standard InChI is InChI=1S/C18H25ClN2O2/c1-12-6-14(4-5-17(12)19)9-20-15-7-16(8-15)21(11-18(22)23)10-13-2-3-13/h4-6,13,15-16,20H,2-3,7-11H2,1H3,(H,22,23). The first-order valence-electron chi connectivity index (χ1n) is 8.45. The lowest BCUT2D eigenvalue weighted by atomic mass is 9.85. The molecule has 2 aliphatic rings. The van der Waals surface area contributed by atoms with Gasteiger partial charge in [-0.3, -0.25) is 9.69 Å². The normalized spacial score (nSPS) is 23.8. The zero-order chi connectivity index (χ0) is 16.4. The summed E-state index contributed by atoms with van der Waals surface area (Å²) in [5.74, 6) is 0.0251. The van der Waals surface area contributed by atoms with Gasteiger partial charge in [0.05, 0.1) is 6.54 Å². The predicted molar refractivity (Wildman–Crippen MR) is 91.8 cm³/mol. The van der Waals surface area contributed by atoms with Crippen molar-refractivity contribution in [1.29, 1.82) is 0 Å². The number of hydrogen-bond donors (Lipinski definition) is 2. The number of halogens is 1. The second-order valence-electron chi connectivity index (χ2n) is 7.05. The smallest absolute Gasteiger partial charge is 0.317 e. The summed E-state index contributed by atoms with van der Waals surface area (Å²) in [5, 5.41) is 13.5. The SMILES string of the molecule is Cc1cc(CNC2CC(N(CC(=O)O)CC3CC3)C2)ccc1Cl. The van der Waals surface area contributed by atoms with Crippen molar-refractivity contribution >= 4 is 17.6 Å². The average molecular weight is 337 g/mol. The van der Waals surface area contributed by atoms with Gasteiger partial charge in [0.1, 0.15) is 0 Å². The topological polar surface area (TPSA) is 52.6 Å². The summed E-state index contributed by atoms with van der Waals surface area (Å²) in [6.45, 7) is 4.01. The minimum atomic E-state index is -0.710. The highest BCUT2D eigenvalue weighted by molar-refractivity contribution is 6.31. The zero-order valence-corrected chi connectivity index (χ0v) is 14.4. The Kier molecular flexibility index (Phi) is 5.24. The van der Waals surface area contributed by atoms with Crippen LogP contribution in [0.1, 0.15) is 36.8 Å². The number of nitrogens with zero attached hydrogens (tertiary/aromatic N) is 1. The van der Waals surface area contributed by atoms with Gasteiger partial charge in [0, 0.05) is 30.2 Å². The number of hydrogen-bond acceptors (Lipinski definition) is 3. The second kappa shape index (κ2) is 7.20. The number of rotatable bonds is 8. The van der Waals surface area contributed by atoms with Crippen molar-refractivity contribution in [3.63, 3.8) is 0 Å². The van der Waals surface area contributed by atoms with Crippen molar-refractivity contribution in [3.05, 3.63) is 34.3 Å². The summed E-state index contributed by atoms with van der Waals surface area (Å²) in [4.78, 5) is 13.2. The summed E-state index contributed by atoms with van der Waals surface area (Å²) in [7, 11) is 0. The van der Waals surface area contributed by atoms with Crippen molar-refractivity contribution in [2.24, 2.45) is 5.92 Å². The third-order valence-electron chi connectivity index (χ3n) is 4.97. The maximum absolute atomic E-state index is 11.0. The van der Waals surface area contributed by atoms with Crippen LogP contribution >= 0.6 is 11.6 Å². The van der Waals surface area contributed by atoms with Gasteiger partial charge in [-0.05, 0) is 55.7 Å². The van der Waals surface area contributed by atoms with Gasteiger partial charge < -0.3 is 10.4 Å². The molecule has 0 aromatic heterocycles. The Morgan fingerprint density at radius 3 is 2.74 bits per heavy atom. The molecule has 1 aromatic carbocycles. The third-order valence-corrected chi connectivity index (χ3v) is 5.40. The summed E-state index contributed by atoms with van der Waals surface area (Å²) in [6.07, 6.45) is 4.63. The molecule has 0 amide bonds. The molecule has 0 heterocycles. The van der Waals surface area contributed by atoms with Gasteiger partial charge in [-0.2, -0.15) is 0 Å². The fourth-order valence-electron chi connectivity index (χ4n) is 3.28. The van der Waals surface area contributed by atoms with Gasteiger partial charge in [0.25, 0.3) is 0 Å². The number of carboxylic acids is 1. The van der Waals surface area contributed by atoms with Crippen LogP contribution in [0.3, 0.4) is 0 Å². The summed E-state index contributed by atoms with van der Waals surface area (Å²) in [6, 6.07) is 7.04. The Bertz CT molecular complexity index is 568. The molecule has 2 saturated carbocycles. The Hall–Kier alpha value is -1.10. The maximum atomic E-state index is 11.0. The molecule has 0 radical (unpaired) electrons. The molecular formula is C18H25ClN2O2. The van der Waals surface area contributed by atoms with E-state index in [9.17, 15) is 4.79 Å².